The lowest BCUT2D eigenvalue weighted by molar-refractivity contribution is -0.145. The lowest BCUT2D eigenvalue weighted by Crippen LogP contribution is -2.60. The molecule has 1 N–H and O–H groups in total. The number of benzene rings is 1. The largest absolute Gasteiger partial charge is 0.497 e. The van der Waals surface area contributed by atoms with Crippen molar-refractivity contribution >= 4 is 17.5 Å². The monoisotopic (exact) mass is 457 g/mol. The Morgan fingerprint density at radius 3 is 2.30 bits per heavy atom. The maximum atomic E-state index is 13.8. The molecule has 1 unspecified atom stereocenters. The number of nitrogens with zero attached hydrogens (tertiary/aromatic N) is 2. The molecule has 2 amide bonds. The van der Waals surface area contributed by atoms with E-state index in [0.29, 0.717) is 48.5 Å². The second-order valence-electron chi connectivity index (χ2n) is 9.93. The van der Waals surface area contributed by atoms with Gasteiger partial charge in [0.15, 0.2) is 0 Å². The zero-order valence-corrected chi connectivity index (χ0v) is 20.4. The van der Waals surface area contributed by atoms with E-state index in [4.69, 9.17) is 9.47 Å². The molecule has 0 bridgehead atoms. The molecule has 1 aliphatic carbocycles. The highest BCUT2D eigenvalue weighted by Crippen LogP contribution is 2.40. The summed E-state index contributed by atoms with van der Waals surface area (Å²) in [6.07, 6.45) is 9.39. The molecule has 7 nitrogen and oxygen atoms in total. The Morgan fingerprint density at radius 2 is 1.67 bits per heavy atom. The van der Waals surface area contributed by atoms with Crippen molar-refractivity contribution in [2.45, 2.75) is 76.3 Å². The topological polar surface area (TPSA) is 71.1 Å². The molecule has 1 aromatic rings. The van der Waals surface area contributed by atoms with E-state index < -0.39 is 5.54 Å². The second-order valence-corrected chi connectivity index (χ2v) is 9.93. The van der Waals surface area contributed by atoms with Gasteiger partial charge in [0.1, 0.15) is 17.0 Å². The second kappa shape index (κ2) is 10.3. The summed E-state index contributed by atoms with van der Waals surface area (Å²) in [6.45, 7) is 4.64. The van der Waals surface area contributed by atoms with Gasteiger partial charge in [-0.25, -0.2) is 0 Å². The maximum Gasteiger partial charge on any atom is 0.250 e. The molecule has 3 fully saturated rings. The van der Waals surface area contributed by atoms with E-state index in [-0.39, 0.29) is 11.8 Å². The molecule has 33 heavy (non-hydrogen) atoms. The smallest absolute Gasteiger partial charge is 0.250 e. The number of fused-ring (bicyclic) bond motifs is 1. The molecule has 7 heteroatoms. The Balaban J connectivity index is 1.58. The van der Waals surface area contributed by atoms with Crippen LogP contribution in [0.5, 0.6) is 11.5 Å². The van der Waals surface area contributed by atoms with Crippen LogP contribution in [0.25, 0.3) is 0 Å². The van der Waals surface area contributed by atoms with Crippen LogP contribution in [0, 0.1) is 5.92 Å². The molecule has 3 aliphatic rings. The van der Waals surface area contributed by atoms with Crippen LogP contribution in [0.3, 0.4) is 0 Å². The van der Waals surface area contributed by atoms with Gasteiger partial charge in [0.2, 0.25) is 11.8 Å². The Hall–Kier alpha value is -2.28. The molecule has 2 heterocycles. The van der Waals surface area contributed by atoms with Gasteiger partial charge in [-0.2, -0.15) is 0 Å². The minimum Gasteiger partial charge on any atom is -0.497 e. The van der Waals surface area contributed by atoms with E-state index in [9.17, 15) is 9.59 Å². The van der Waals surface area contributed by atoms with E-state index >= 15 is 0 Å². The highest BCUT2D eigenvalue weighted by Gasteiger charge is 2.49. The molecule has 2 atom stereocenters. The third-order valence-corrected chi connectivity index (χ3v) is 8.01. The molecule has 4 rings (SSSR count). The molecule has 1 aromatic carbocycles. The molecule has 182 valence electrons. The van der Waals surface area contributed by atoms with E-state index in [1.54, 1.807) is 39.3 Å². The van der Waals surface area contributed by atoms with Crippen LogP contribution in [-0.2, 0) is 9.59 Å². The van der Waals surface area contributed by atoms with Crippen LogP contribution in [0.2, 0.25) is 0 Å². The molecule has 2 aliphatic heterocycles. The van der Waals surface area contributed by atoms with Gasteiger partial charge < -0.3 is 24.6 Å². The maximum absolute atomic E-state index is 13.8. The van der Waals surface area contributed by atoms with Crippen LogP contribution in [-0.4, -0.2) is 67.0 Å². The fraction of sp³-hybridized carbons (Fsp3) is 0.692. The summed E-state index contributed by atoms with van der Waals surface area (Å²) >= 11 is 0. The van der Waals surface area contributed by atoms with Crippen LogP contribution in [0.15, 0.2) is 18.2 Å². The van der Waals surface area contributed by atoms with Crippen molar-refractivity contribution in [1.29, 1.82) is 0 Å². The summed E-state index contributed by atoms with van der Waals surface area (Å²) in [4.78, 5) is 31.4. The van der Waals surface area contributed by atoms with Gasteiger partial charge in [-0.1, -0.05) is 19.3 Å². The molecule has 0 aromatic heterocycles. The first kappa shape index (κ1) is 23.9. The molecule has 0 spiro atoms. The van der Waals surface area contributed by atoms with Gasteiger partial charge in [0, 0.05) is 43.4 Å². The number of nitrogens with one attached hydrogen (secondary N) is 1. The van der Waals surface area contributed by atoms with Gasteiger partial charge in [-0.05, 0) is 57.5 Å². The van der Waals surface area contributed by atoms with E-state index in [1.165, 1.54) is 38.8 Å². The van der Waals surface area contributed by atoms with E-state index in [1.807, 2.05) is 4.90 Å². The zero-order chi connectivity index (χ0) is 23.4. The third-order valence-electron chi connectivity index (χ3n) is 8.01. The predicted octanol–water partition coefficient (Wildman–Crippen LogP) is 4.07. The zero-order valence-electron chi connectivity index (χ0n) is 20.4. The van der Waals surface area contributed by atoms with Crippen molar-refractivity contribution < 1.29 is 19.1 Å². The van der Waals surface area contributed by atoms with Crippen molar-refractivity contribution in [2.24, 2.45) is 5.92 Å². The first-order chi connectivity index (χ1) is 16.0. The standard InChI is InChI=1S/C26H39N3O4/c1-19(30)29(18-20-9-8-14-28-13-7-4-10-24(20)28)26(11-5-6-12-26)25(31)27-21-15-22(32-2)17-23(16-21)33-3/h15-17,20,24H,4-14,18H2,1-3H3,(H,27,31)/t20?,24-/m0/s1. The average molecular weight is 458 g/mol. The van der Waals surface area contributed by atoms with Gasteiger partial charge in [0.05, 0.1) is 14.2 Å². The quantitative estimate of drug-likeness (QED) is 0.668. The third kappa shape index (κ3) is 4.98. The summed E-state index contributed by atoms with van der Waals surface area (Å²) in [5.41, 5.74) is -0.166. The van der Waals surface area contributed by atoms with Gasteiger partial charge in [-0.15, -0.1) is 0 Å². The summed E-state index contributed by atoms with van der Waals surface area (Å²) in [5, 5.41) is 3.10. The number of hydrogen-bond donors (Lipinski definition) is 1. The van der Waals surface area contributed by atoms with Crippen molar-refractivity contribution in [2.75, 3.05) is 39.2 Å². The fourth-order valence-corrected chi connectivity index (χ4v) is 6.34. The van der Waals surface area contributed by atoms with Gasteiger partial charge in [-0.3, -0.25) is 9.59 Å². The molecular formula is C26H39N3O4. The van der Waals surface area contributed by atoms with Crippen LogP contribution in [0.4, 0.5) is 5.69 Å². The Labute approximate surface area is 197 Å². The SMILES string of the molecule is COc1cc(NC(=O)C2(N(CC3CCCN4CCCC[C@@H]34)C(C)=O)CCCC2)cc(OC)c1. The summed E-state index contributed by atoms with van der Waals surface area (Å²) < 4.78 is 10.7. The number of piperidine rings is 2. The number of carbonyl (C=O) groups excluding carboxylic acids is 2. The highest BCUT2D eigenvalue weighted by atomic mass is 16.5. The summed E-state index contributed by atoms with van der Waals surface area (Å²) in [7, 11) is 3.18. The fourth-order valence-electron chi connectivity index (χ4n) is 6.34. The van der Waals surface area contributed by atoms with Crippen LogP contribution < -0.4 is 14.8 Å². The lowest BCUT2D eigenvalue weighted by Gasteiger charge is -2.48. The normalized spacial score (nSPS) is 24.6. The number of ether oxygens (including phenoxy) is 2. The lowest BCUT2D eigenvalue weighted by atomic mass is 9.81. The van der Waals surface area contributed by atoms with Crippen molar-refractivity contribution in [3.63, 3.8) is 0 Å². The van der Waals surface area contributed by atoms with Crippen molar-refractivity contribution in [3.05, 3.63) is 18.2 Å². The van der Waals surface area contributed by atoms with Gasteiger partial charge in [0.25, 0.3) is 0 Å². The predicted molar refractivity (Wildman–Crippen MR) is 129 cm³/mol. The number of amides is 2. The Bertz CT molecular complexity index is 828. The first-order valence-corrected chi connectivity index (χ1v) is 12.5. The van der Waals surface area contributed by atoms with Gasteiger partial charge >= 0.3 is 0 Å². The van der Waals surface area contributed by atoms with E-state index in [2.05, 4.69) is 10.2 Å². The number of methoxy groups -OCH3 is 2. The molecule has 0 radical (unpaired) electrons. The Kier molecular flexibility index (Phi) is 7.47. The summed E-state index contributed by atoms with van der Waals surface area (Å²) in [5.74, 6) is 1.58. The highest BCUT2D eigenvalue weighted by molar-refractivity contribution is 6.00. The molecule has 2 saturated heterocycles. The first-order valence-electron chi connectivity index (χ1n) is 12.5. The number of anilines is 1. The minimum absolute atomic E-state index is 0.00297. The molecule has 1 saturated carbocycles. The number of rotatable bonds is 7. The average Bonchev–Trinajstić information content (AvgIpc) is 3.33. The van der Waals surface area contributed by atoms with Crippen molar-refractivity contribution in [1.82, 2.24) is 9.80 Å². The van der Waals surface area contributed by atoms with E-state index in [0.717, 1.165) is 19.3 Å². The van der Waals surface area contributed by atoms with Crippen LogP contribution in [0.1, 0.15) is 64.7 Å². The number of carbonyl (C=O) groups is 2. The summed E-state index contributed by atoms with van der Waals surface area (Å²) in [6, 6.07) is 5.91. The molecular weight excluding hydrogens is 418 g/mol. The van der Waals surface area contributed by atoms with Crippen molar-refractivity contribution in [3.8, 4) is 11.5 Å². The van der Waals surface area contributed by atoms with Crippen LogP contribution >= 0.6 is 0 Å². The number of hydrogen-bond acceptors (Lipinski definition) is 5. The minimum atomic E-state index is -0.793. The Morgan fingerprint density at radius 1 is 1.00 bits per heavy atom.